The molecule has 0 radical (unpaired) electrons. The van der Waals surface area contributed by atoms with Crippen molar-refractivity contribution in [3.05, 3.63) is 99.0 Å². The van der Waals surface area contributed by atoms with Gasteiger partial charge in [0.15, 0.2) is 0 Å². The molecule has 3 rings (SSSR count). The van der Waals surface area contributed by atoms with E-state index in [1.165, 1.54) is 0 Å². The molecule has 128 valence electrons. The van der Waals surface area contributed by atoms with Gasteiger partial charge in [-0.2, -0.15) is 5.26 Å². The van der Waals surface area contributed by atoms with E-state index in [0.29, 0.717) is 17.2 Å². The topological polar surface area (TPSA) is 33.0 Å². The first-order valence-corrected chi connectivity index (χ1v) is 9.17. The van der Waals surface area contributed by atoms with Gasteiger partial charge in [0.2, 0.25) is 0 Å². The molecule has 4 heteroatoms. The molecule has 2 nitrogen and oxygen atoms in total. The molecule has 0 fully saturated rings. The first kappa shape index (κ1) is 18.3. The highest BCUT2D eigenvalue weighted by atomic mass is 79.9. The minimum atomic E-state index is 0.390. The third-order valence-corrected chi connectivity index (χ3v) is 4.80. The predicted molar refractivity (Wildman–Crippen MR) is 110 cm³/mol. The highest BCUT2D eigenvalue weighted by molar-refractivity contribution is 9.10. The number of ether oxygens (including phenoxy) is 1. The lowest BCUT2D eigenvalue weighted by atomic mass is 10.0. The van der Waals surface area contributed by atoms with Gasteiger partial charge in [-0.05, 0) is 51.3 Å². The van der Waals surface area contributed by atoms with Gasteiger partial charge in [-0.15, -0.1) is 0 Å². The average molecular weight is 425 g/mol. The van der Waals surface area contributed by atoms with Crippen LogP contribution in [-0.2, 0) is 6.61 Å². The number of nitrogens with zero attached hydrogens (tertiary/aromatic N) is 1. The van der Waals surface area contributed by atoms with Crippen LogP contribution in [0.4, 0.5) is 0 Å². The zero-order chi connectivity index (χ0) is 18.4. The molecular formula is C22H15BrClNO. The molecule has 0 amide bonds. The lowest BCUT2D eigenvalue weighted by Crippen LogP contribution is -1.97. The summed E-state index contributed by atoms with van der Waals surface area (Å²) < 4.78 is 6.68. The standard InChI is InChI=1S/C22H15BrClNO/c23-20-13-16(12-19(14-25)17-6-2-1-3-7-17)10-11-22(20)26-15-18-8-4-5-9-21(18)24/h1-13H,15H2/b19-12-. The van der Waals surface area contributed by atoms with Crippen molar-refractivity contribution in [1.82, 2.24) is 0 Å². The van der Waals surface area contributed by atoms with Crippen LogP contribution < -0.4 is 4.74 Å². The van der Waals surface area contributed by atoms with E-state index in [-0.39, 0.29) is 0 Å². The number of benzene rings is 3. The van der Waals surface area contributed by atoms with E-state index in [0.717, 1.165) is 26.9 Å². The molecule has 3 aromatic carbocycles. The summed E-state index contributed by atoms with van der Waals surface area (Å²) in [5, 5.41) is 10.1. The fourth-order valence-corrected chi connectivity index (χ4v) is 3.16. The predicted octanol–water partition coefficient (Wildman–Crippen LogP) is 6.75. The molecule has 0 N–H and O–H groups in total. The molecule has 0 bridgehead atoms. The van der Waals surface area contributed by atoms with Crippen molar-refractivity contribution < 1.29 is 4.74 Å². The Morgan fingerprint density at radius 2 is 1.77 bits per heavy atom. The van der Waals surface area contributed by atoms with Crippen LogP contribution in [0.2, 0.25) is 5.02 Å². The summed E-state index contributed by atoms with van der Waals surface area (Å²) in [6.07, 6.45) is 1.86. The summed E-state index contributed by atoms with van der Waals surface area (Å²) in [6.45, 7) is 0.390. The molecule has 0 aliphatic carbocycles. The molecule has 0 saturated carbocycles. The summed E-state index contributed by atoms with van der Waals surface area (Å²) in [4.78, 5) is 0. The molecule has 0 aliphatic rings. The molecule has 0 aliphatic heterocycles. The van der Waals surface area contributed by atoms with E-state index < -0.39 is 0 Å². The Morgan fingerprint density at radius 1 is 1.04 bits per heavy atom. The lowest BCUT2D eigenvalue weighted by Gasteiger charge is -2.10. The number of hydrogen-bond donors (Lipinski definition) is 0. The molecule has 0 saturated heterocycles. The first-order valence-electron chi connectivity index (χ1n) is 8.00. The number of nitriles is 1. The fourth-order valence-electron chi connectivity index (χ4n) is 2.46. The van der Waals surface area contributed by atoms with E-state index in [9.17, 15) is 5.26 Å². The Balaban J connectivity index is 1.78. The summed E-state index contributed by atoms with van der Waals surface area (Å²) in [7, 11) is 0. The summed E-state index contributed by atoms with van der Waals surface area (Å²) in [5.74, 6) is 0.722. The maximum atomic E-state index is 9.43. The number of halogens is 2. The highest BCUT2D eigenvalue weighted by Crippen LogP contribution is 2.29. The molecule has 0 unspecified atom stereocenters. The minimum absolute atomic E-state index is 0.390. The van der Waals surface area contributed by atoms with Gasteiger partial charge in [-0.3, -0.25) is 0 Å². The van der Waals surface area contributed by atoms with Crippen molar-refractivity contribution in [2.24, 2.45) is 0 Å². The normalized spacial score (nSPS) is 11.0. The largest absolute Gasteiger partial charge is 0.488 e. The van der Waals surface area contributed by atoms with Crippen molar-refractivity contribution in [2.75, 3.05) is 0 Å². The SMILES string of the molecule is N#C/C(=C/c1ccc(OCc2ccccc2Cl)c(Br)c1)c1ccccc1. The van der Waals surface area contributed by atoms with E-state index >= 15 is 0 Å². The zero-order valence-electron chi connectivity index (χ0n) is 13.8. The summed E-state index contributed by atoms with van der Waals surface area (Å²) in [5.41, 5.74) is 3.36. The van der Waals surface area contributed by atoms with Crippen LogP contribution in [0.5, 0.6) is 5.75 Å². The van der Waals surface area contributed by atoms with Crippen LogP contribution >= 0.6 is 27.5 Å². The monoisotopic (exact) mass is 423 g/mol. The first-order chi connectivity index (χ1) is 12.7. The van der Waals surface area contributed by atoms with Crippen LogP contribution in [0.1, 0.15) is 16.7 Å². The lowest BCUT2D eigenvalue weighted by molar-refractivity contribution is 0.304. The number of rotatable bonds is 5. The molecule has 3 aromatic rings. The summed E-state index contributed by atoms with van der Waals surface area (Å²) in [6, 6.07) is 25.2. The van der Waals surface area contributed by atoms with Crippen molar-refractivity contribution in [1.29, 1.82) is 5.26 Å². The highest BCUT2D eigenvalue weighted by Gasteiger charge is 2.06. The molecule has 26 heavy (non-hydrogen) atoms. The van der Waals surface area contributed by atoms with E-state index in [1.54, 1.807) is 0 Å². The van der Waals surface area contributed by atoms with Crippen molar-refractivity contribution in [3.63, 3.8) is 0 Å². The van der Waals surface area contributed by atoms with E-state index in [4.69, 9.17) is 16.3 Å². The molecule has 0 spiro atoms. The summed E-state index contributed by atoms with van der Waals surface area (Å²) >= 11 is 9.69. The molecular weight excluding hydrogens is 410 g/mol. The zero-order valence-corrected chi connectivity index (χ0v) is 16.2. The van der Waals surface area contributed by atoms with Crippen LogP contribution in [0, 0.1) is 11.3 Å². The van der Waals surface area contributed by atoms with Crippen molar-refractivity contribution >= 4 is 39.2 Å². The van der Waals surface area contributed by atoms with Gasteiger partial charge >= 0.3 is 0 Å². The van der Waals surface area contributed by atoms with Crippen LogP contribution in [0.3, 0.4) is 0 Å². The fraction of sp³-hybridized carbons (Fsp3) is 0.0455. The van der Waals surface area contributed by atoms with Crippen LogP contribution in [0.25, 0.3) is 11.6 Å². The quantitative estimate of drug-likeness (QED) is 0.335. The second kappa shape index (κ2) is 8.71. The maximum absolute atomic E-state index is 9.43. The molecule has 0 heterocycles. The third-order valence-electron chi connectivity index (χ3n) is 3.81. The smallest absolute Gasteiger partial charge is 0.134 e. The Morgan fingerprint density at radius 3 is 2.46 bits per heavy atom. The molecule has 0 atom stereocenters. The van der Waals surface area contributed by atoms with E-state index in [1.807, 2.05) is 78.9 Å². The van der Waals surface area contributed by atoms with Crippen molar-refractivity contribution in [2.45, 2.75) is 6.61 Å². The Hall–Kier alpha value is -2.54. The van der Waals surface area contributed by atoms with E-state index in [2.05, 4.69) is 22.0 Å². The van der Waals surface area contributed by atoms with Crippen LogP contribution in [-0.4, -0.2) is 0 Å². The second-order valence-corrected chi connectivity index (χ2v) is 6.87. The van der Waals surface area contributed by atoms with Gasteiger partial charge in [-0.1, -0.05) is 66.2 Å². The van der Waals surface area contributed by atoms with Crippen molar-refractivity contribution in [3.8, 4) is 11.8 Å². The van der Waals surface area contributed by atoms with Gasteiger partial charge in [0.1, 0.15) is 12.4 Å². The number of allylic oxidation sites excluding steroid dienone is 1. The average Bonchev–Trinajstić information content (AvgIpc) is 2.67. The Kier molecular flexibility index (Phi) is 6.12. The Bertz CT molecular complexity index is 977. The second-order valence-electron chi connectivity index (χ2n) is 5.61. The van der Waals surface area contributed by atoms with Gasteiger partial charge in [0, 0.05) is 10.6 Å². The van der Waals surface area contributed by atoms with Crippen LogP contribution in [0.15, 0.2) is 77.3 Å². The molecule has 0 aromatic heterocycles. The third kappa shape index (κ3) is 4.54. The van der Waals surface area contributed by atoms with Gasteiger partial charge in [-0.25, -0.2) is 0 Å². The van der Waals surface area contributed by atoms with Gasteiger partial charge in [0.25, 0.3) is 0 Å². The maximum Gasteiger partial charge on any atom is 0.134 e. The van der Waals surface area contributed by atoms with Gasteiger partial charge in [0.05, 0.1) is 16.1 Å². The minimum Gasteiger partial charge on any atom is -0.488 e. The van der Waals surface area contributed by atoms with Gasteiger partial charge < -0.3 is 4.74 Å². The Labute approximate surface area is 166 Å². The number of hydrogen-bond acceptors (Lipinski definition) is 2.